The molecule has 1 saturated heterocycles. The van der Waals surface area contributed by atoms with Crippen LogP contribution in [0.15, 0.2) is 18.3 Å². The number of aromatic nitrogens is 1. The second-order valence-corrected chi connectivity index (χ2v) is 6.48. The maximum atomic E-state index is 11.8. The number of nitrogens with zero attached hydrogens (tertiary/aromatic N) is 2. The van der Waals surface area contributed by atoms with E-state index in [-0.39, 0.29) is 11.7 Å². The molecule has 1 aromatic carbocycles. The largest absolute Gasteiger partial charge is 0.496 e. The van der Waals surface area contributed by atoms with Crippen LogP contribution in [0, 0.1) is 11.8 Å². The van der Waals surface area contributed by atoms with E-state index in [1.807, 2.05) is 4.90 Å². The van der Waals surface area contributed by atoms with Crippen LogP contribution in [0.2, 0.25) is 0 Å². The summed E-state index contributed by atoms with van der Waals surface area (Å²) in [6, 6.07) is 3.43. The van der Waals surface area contributed by atoms with E-state index in [0.717, 1.165) is 30.2 Å². The number of nitrogens with two attached hydrogens (primary N) is 2. The van der Waals surface area contributed by atoms with E-state index in [2.05, 4.69) is 16.8 Å². The number of hydrogen-bond acceptors (Lipinski definition) is 6. The first-order valence-electron chi connectivity index (χ1n) is 8.89. The Morgan fingerprint density at radius 3 is 2.71 bits per heavy atom. The molecule has 0 spiro atoms. The lowest BCUT2D eigenvalue weighted by atomic mass is 10.0. The number of carbonyl (C=O) groups is 2. The van der Waals surface area contributed by atoms with Gasteiger partial charge in [-0.1, -0.05) is 5.92 Å². The van der Waals surface area contributed by atoms with Crippen LogP contribution in [-0.2, 0) is 4.74 Å². The number of carbonyl (C=O) groups excluding carboxylic acids is 2. The molecule has 1 fully saturated rings. The maximum Gasteiger partial charge on any atom is 0.404 e. The number of anilines is 1. The molecular formula is C20H22N4O4. The van der Waals surface area contributed by atoms with Gasteiger partial charge < -0.3 is 25.8 Å². The van der Waals surface area contributed by atoms with E-state index >= 15 is 0 Å². The fourth-order valence-corrected chi connectivity index (χ4v) is 3.49. The van der Waals surface area contributed by atoms with Gasteiger partial charge in [0.25, 0.3) is 5.91 Å². The molecule has 1 atom stereocenters. The van der Waals surface area contributed by atoms with Crippen molar-refractivity contribution in [3.05, 3.63) is 29.5 Å². The van der Waals surface area contributed by atoms with Gasteiger partial charge in [0.05, 0.1) is 24.8 Å². The summed E-state index contributed by atoms with van der Waals surface area (Å²) in [4.78, 5) is 29.6. The van der Waals surface area contributed by atoms with Crippen molar-refractivity contribution in [2.24, 2.45) is 11.5 Å². The molecule has 8 heteroatoms. The number of ether oxygens (including phenoxy) is 2. The molecule has 0 aliphatic carbocycles. The van der Waals surface area contributed by atoms with Crippen LogP contribution < -0.4 is 21.1 Å². The van der Waals surface area contributed by atoms with Crippen molar-refractivity contribution in [3.8, 4) is 17.6 Å². The maximum absolute atomic E-state index is 11.8. The first kappa shape index (κ1) is 19.3. The average molecular weight is 382 g/mol. The number of rotatable bonds is 4. The number of hydrogen-bond donors (Lipinski definition) is 2. The average Bonchev–Trinajstić information content (AvgIpc) is 2.67. The summed E-state index contributed by atoms with van der Waals surface area (Å²) in [7, 11) is 1.48. The summed E-state index contributed by atoms with van der Waals surface area (Å²) < 4.78 is 10.5. The highest BCUT2D eigenvalue weighted by Crippen LogP contribution is 2.34. The first-order valence-corrected chi connectivity index (χ1v) is 8.89. The molecule has 0 unspecified atom stereocenters. The number of methoxy groups -OCH3 is 1. The summed E-state index contributed by atoms with van der Waals surface area (Å²) in [6.07, 6.45) is 2.15. The van der Waals surface area contributed by atoms with Gasteiger partial charge in [0, 0.05) is 23.5 Å². The van der Waals surface area contributed by atoms with Gasteiger partial charge in [0.1, 0.15) is 17.7 Å². The number of piperidine rings is 1. The van der Waals surface area contributed by atoms with Crippen LogP contribution in [0.3, 0.4) is 0 Å². The summed E-state index contributed by atoms with van der Waals surface area (Å²) in [6.45, 7) is 2.96. The molecule has 1 aromatic heterocycles. The zero-order valence-electron chi connectivity index (χ0n) is 15.8. The van der Waals surface area contributed by atoms with Gasteiger partial charge in [-0.3, -0.25) is 4.79 Å². The highest BCUT2D eigenvalue weighted by Gasteiger charge is 2.25. The van der Waals surface area contributed by atoms with Gasteiger partial charge in [-0.25, -0.2) is 9.78 Å². The van der Waals surface area contributed by atoms with Crippen LogP contribution in [0.4, 0.5) is 10.6 Å². The van der Waals surface area contributed by atoms with E-state index in [9.17, 15) is 9.59 Å². The van der Waals surface area contributed by atoms with Crippen molar-refractivity contribution in [3.63, 3.8) is 0 Å². The molecule has 3 rings (SSSR count). The Kier molecular flexibility index (Phi) is 5.54. The fraction of sp³-hybridized carbons (Fsp3) is 0.350. The second-order valence-electron chi connectivity index (χ2n) is 6.48. The molecular weight excluding hydrogens is 360 g/mol. The minimum atomic E-state index is -0.786. The highest BCUT2D eigenvalue weighted by atomic mass is 16.6. The zero-order chi connectivity index (χ0) is 20.3. The molecule has 0 bridgehead atoms. The van der Waals surface area contributed by atoms with E-state index in [4.69, 9.17) is 20.9 Å². The molecule has 2 amide bonds. The monoisotopic (exact) mass is 382 g/mol. The van der Waals surface area contributed by atoms with Crippen molar-refractivity contribution >= 4 is 28.6 Å². The molecule has 2 heterocycles. The van der Waals surface area contributed by atoms with Gasteiger partial charge in [-0.05, 0) is 31.9 Å². The summed E-state index contributed by atoms with van der Waals surface area (Å²) in [5.41, 5.74) is 11.6. The van der Waals surface area contributed by atoms with Gasteiger partial charge in [0.2, 0.25) is 0 Å². The van der Waals surface area contributed by atoms with E-state index < -0.39 is 12.0 Å². The molecule has 8 nitrogen and oxygen atoms in total. The zero-order valence-corrected chi connectivity index (χ0v) is 15.8. The molecule has 28 heavy (non-hydrogen) atoms. The standard InChI is InChI=1S/C20H22N4O4/c1-3-5-12-10-23-19(24-7-4-6-13(11-24)28-20(22)26)15-9-17(27-2)16(18(21)25)8-14(12)15/h8-10,13H,4,6-7,11H2,1-2H3,(H2,21,25)(H2,22,26)/t13-/m0/s1. The number of primary amides is 2. The van der Waals surface area contributed by atoms with E-state index in [0.29, 0.717) is 23.7 Å². The van der Waals surface area contributed by atoms with Crippen LogP contribution in [0.5, 0.6) is 5.75 Å². The highest BCUT2D eigenvalue weighted by molar-refractivity contribution is 6.05. The molecule has 0 saturated carbocycles. The van der Waals surface area contributed by atoms with Crippen molar-refractivity contribution in [1.82, 2.24) is 4.98 Å². The minimum absolute atomic E-state index is 0.278. The molecule has 4 N–H and O–H groups in total. The van der Waals surface area contributed by atoms with Crippen molar-refractivity contribution < 1.29 is 19.1 Å². The minimum Gasteiger partial charge on any atom is -0.496 e. The van der Waals surface area contributed by atoms with Gasteiger partial charge in [0.15, 0.2) is 0 Å². The summed E-state index contributed by atoms with van der Waals surface area (Å²) in [5.74, 6) is 6.35. The predicted molar refractivity (Wildman–Crippen MR) is 105 cm³/mol. The smallest absolute Gasteiger partial charge is 0.404 e. The van der Waals surface area contributed by atoms with Crippen LogP contribution in [0.25, 0.3) is 10.8 Å². The van der Waals surface area contributed by atoms with E-state index in [1.54, 1.807) is 25.3 Å². The number of pyridine rings is 1. The number of fused-ring (bicyclic) bond motifs is 1. The van der Waals surface area contributed by atoms with E-state index in [1.165, 1.54) is 7.11 Å². The van der Waals surface area contributed by atoms with Gasteiger partial charge >= 0.3 is 6.09 Å². The lowest BCUT2D eigenvalue weighted by molar-refractivity contribution is 0.0963. The quantitative estimate of drug-likeness (QED) is 0.778. The van der Waals surface area contributed by atoms with Crippen LogP contribution >= 0.6 is 0 Å². The Labute approximate surface area is 162 Å². The topological polar surface area (TPSA) is 121 Å². The summed E-state index contributed by atoms with van der Waals surface area (Å²) >= 11 is 0. The lowest BCUT2D eigenvalue weighted by Gasteiger charge is -2.33. The third-order valence-electron chi connectivity index (χ3n) is 4.67. The second kappa shape index (κ2) is 8.05. The molecule has 146 valence electrons. The lowest BCUT2D eigenvalue weighted by Crippen LogP contribution is -2.41. The third kappa shape index (κ3) is 3.78. The Balaban J connectivity index is 2.14. The molecule has 1 aliphatic heterocycles. The number of amides is 2. The SMILES string of the molecule is CC#Cc1cnc(N2CCC[C@H](OC(N)=O)C2)c2cc(OC)c(C(N)=O)cc12. The van der Waals surface area contributed by atoms with Crippen LogP contribution in [-0.4, -0.2) is 43.3 Å². The Bertz CT molecular complexity index is 993. The van der Waals surface area contributed by atoms with Crippen molar-refractivity contribution in [1.29, 1.82) is 0 Å². The van der Waals surface area contributed by atoms with Gasteiger partial charge in [-0.2, -0.15) is 0 Å². The molecule has 1 aliphatic rings. The third-order valence-corrected chi connectivity index (χ3v) is 4.67. The predicted octanol–water partition coefficient (Wildman–Crippen LogP) is 1.78. The van der Waals surface area contributed by atoms with Crippen molar-refractivity contribution in [2.75, 3.05) is 25.1 Å². The molecule has 2 aromatic rings. The Morgan fingerprint density at radius 1 is 1.29 bits per heavy atom. The molecule has 0 radical (unpaired) electrons. The Morgan fingerprint density at radius 2 is 2.07 bits per heavy atom. The summed E-state index contributed by atoms with van der Waals surface area (Å²) in [5, 5.41) is 1.54. The number of benzene rings is 1. The van der Waals surface area contributed by atoms with Crippen LogP contribution in [0.1, 0.15) is 35.7 Å². The fourth-order valence-electron chi connectivity index (χ4n) is 3.49. The Hall–Kier alpha value is -3.47. The van der Waals surface area contributed by atoms with Gasteiger partial charge in [-0.15, -0.1) is 5.92 Å². The van der Waals surface area contributed by atoms with Crippen molar-refractivity contribution in [2.45, 2.75) is 25.9 Å². The first-order chi connectivity index (χ1) is 13.4. The normalized spacial score (nSPS) is 16.2.